The summed E-state index contributed by atoms with van der Waals surface area (Å²) in [6, 6.07) is 11.9. The normalized spacial score (nSPS) is 11.0. The van der Waals surface area contributed by atoms with Gasteiger partial charge in [-0.25, -0.2) is 4.79 Å². The standard InChI is InChI=1S/C17H12N4O5S/c22-14(18-10-4-3-5-11-16(10)20-27-19-11)9-25-15(23)8-21-12-6-1-2-7-13(12)26-17(21)24/h1-7H,8-9H2,(H,18,22). The molecule has 1 amide bonds. The highest BCUT2D eigenvalue weighted by molar-refractivity contribution is 7.00. The number of ether oxygens (including phenoxy) is 1. The number of aromatic nitrogens is 3. The smallest absolute Gasteiger partial charge is 0.420 e. The maximum Gasteiger partial charge on any atom is 0.420 e. The van der Waals surface area contributed by atoms with E-state index in [9.17, 15) is 14.4 Å². The predicted molar refractivity (Wildman–Crippen MR) is 97.5 cm³/mol. The molecule has 27 heavy (non-hydrogen) atoms. The average Bonchev–Trinajstić information content (AvgIpc) is 3.26. The second-order valence-corrected chi connectivity index (χ2v) is 6.10. The maximum atomic E-state index is 12.0. The van der Waals surface area contributed by atoms with Gasteiger partial charge in [0.1, 0.15) is 17.6 Å². The van der Waals surface area contributed by atoms with Crippen molar-refractivity contribution in [3.8, 4) is 0 Å². The number of nitrogens with one attached hydrogen (secondary N) is 1. The van der Waals surface area contributed by atoms with Crippen molar-refractivity contribution < 1.29 is 18.7 Å². The number of hydrogen-bond donors (Lipinski definition) is 1. The van der Waals surface area contributed by atoms with E-state index in [1.807, 2.05) is 0 Å². The number of benzene rings is 2. The van der Waals surface area contributed by atoms with E-state index in [1.165, 1.54) is 0 Å². The molecule has 4 aromatic rings. The van der Waals surface area contributed by atoms with E-state index in [0.29, 0.717) is 27.8 Å². The molecule has 0 aliphatic carbocycles. The van der Waals surface area contributed by atoms with Gasteiger partial charge in [0, 0.05) is 0 Å². The van der Waals surface area contributed by atoms with Gasteiger partial charge in [-0.05, 0) is 24.3 Å². The second kappa shape index (κ2) is 7.00. The first-order chi connectivity index (χ1) is 13.1. The molecule has 2 aromatic heterocycles. The fraction of sp³-hybridized carbons (Fsp3) is 0.118. The van der Waals surface area contributed by atoms with Gasteiger partial charge in [-0.2, -0.15) is 8.75 Å². The van der Waals surface area contributed by atoms with Crippen LogP contribution in [-0.2, 0) is 20.9 Å². The van der Waals surface area contributed by atoms with Crippen LogP contribution in [0.3, 0.4) is 0 Å². The highest BCUT2D eigenvalue weighted by atomic mass is 32.1. The number of anilines is 1. The summed E-state index contributed by atoms with van der Waals surface area (Å²) in [5.41, 5.74) is 2.57. The molecule has 0 saturated carbocycles. The van der Waals surface area contributed by atoms with Gasteiger partial charge in [-0.1, -0.05) is 18.2 Å². The number of oxazole rings is 1. The van der Waals surface area contributed by atoms with Crippen molar-refractivity contribution in [2.75, 3.05) is 11.9 Å². The van der Waals surface area contributed by atoms with Crippen molar-refractivity contribution >= 4 is 51.4 Å². The third kappa shape index (κ3) is 3.42. The van der Waals surface area contributed by atoms with E-state index in [1.54, 1.807) is 42.5 Å². The van der Waals surface area contributed by atoms with Crippen LogP contribution in [-0.4, -0.2) is 31.8 Å². The van der Waals surface area contributed by atoms with Crippen molar-refractivity contribution in [2.45, 2.75) is 6.54 Å². The molecule has 0 saturated heterocycles. The van der Waals surface area contributed by atoms with E-state index in [-0.39, 0.29) is 6.54 Å². The van der Waals surface area contributed by atoms with Crippen LogP contribution in [0.5, 0.6) is 0 Å². The highest BCUT2D eigenvalue weighted by Gasteiger charge is 2.15. The number of nitrogens with zero attached hydrogens (tertiary/aromatic N) is 3. The summed E-state index contributed by atoms with van der Waals surface area (Å²) >= 11 is 1.04. The number of rotatable bonds is 5. The Morgan fingerprint density at radius 1 is 1.15 bits per heavy atom. The SMILES string of the molecule is O=C(COC(=O)Cn1c(=O)oc2ccccc21)Nc1cccc2nsnc12. The molecule has 4 rings (SSSR count). The second-order valence-electron chi connectivity index (χ2n) is 5.57. The van der Waals surface area contributed by atoms with Crippen molar-refractivity contribution in [1.29, 1.82) is 0 Å². The van der Waals surface area contributed by atoms with Crippen LogP contribution in [0.25, 0.3) is 22.1 Å². The first-order valence-electron chi connectivity index (χ1n) is 7.87. The molecule has 0 spiro atoms. The van der Waals surface area contributed by atoms with Gasteiger partial charge in [0.2, 0.25) is 0 Å². The molecule has 0 unspecified atom stereocenters. The lowest BCUT2D eigenvalue weighted by Gasteiger charge is -2.07. The molecule has 0 atom stereocenters. The topological polar surface area (TPSA) is 116 Å². The zero-order chi connectivity index (χ0) is 18.8. The fourth-order valence-electron chi connectivity index (χ4n) is 2.58. The largest absolute Gasteiger partial charge is 0.454 e. The predicted octanol–water partition coefficient (Wildman–Crippen LogP) is 1.78. The van der Waals surface area contributed by atoms with Crippen LogP contribution >= 0.6 is 11.7 Å². The summed E-state index contributed by atoms with van der Waals surface area (Å²) in [5, 5.41) is 2.63. The first-order valence-corrected chi connectivity index (χ1v) is 8.60. The van der Waals surface area contributed by atoms with Crippen LogP contribution in [0.15, 0.2) is 51.7 Å². The van der Waals surface area contributed by atoms with E-state index in [2.05, 4.69) is 14.1 Å². The summed E-state index contributed by atoms with van der Waals surface area (Å²) in [4.78, 5) is 35.9. The Kier molecular flexibility index (Phi) is 4.38. The van der Waals surface area contributed by atoms with Crippen molar-refractivity contribution in [3.63, 3.8) is 0 Å². The van der Waals surface area contributed by atoms with Gasteiger partial charge >= 0.3 is 11.7 Å². The molecule has 2 aromatic carbocycles. The Hall–Kier alpha value is -3.53. The monoisotopic (exact) mass is 384 g/mol. The molecule has 136 valence electrons. The molecular formula is C17H12N4O5S. The molecule has 0 bridgehead atoms. The van der Waals surface area contributed by atoms with Crippen molar-refractivity contribution in [2.24, 2.45) is 0 Å². The Morgan fingerprint density at radius 2 is 2.00 bits per heavy atom. The molecule has 0 fully saturated rings. The fourth-order valence-corrected chi connectivity index (χ4v) is 3.13. The van der Waals surface area contributed by atoms with E-state index >= 15 is 0 Å². The zero-order valence-electron chi connectivity index (χ0n) is 13.7. The van der Waals surface area contributed by atoms with Gasteiger partial charge in [0.25, 0.3) is 5.91 Å². The van der Waals surface area contributed by atoms with Gasteiger partial charge in [0.15, 0.2) is 12.2 Å². The maximum absolute atomic E-state index is 12.0. The van der Waals surface area contributed by atoms with Crippen LogP contribution < -0.4 is 11.1 Å². The average molecular weight is 384 g/mol. The number of para-hydroxylation sites is 2. The van der Waals surface area contributed by atoms with E-state index in [0.717, 1.165) is 16.3 Å². The highest BCUT2D eigenvalue weighted by Crippen LogP contribution is 2.20. The zero-order valence-corrected chi connectivity index (χ0v) is 14.6. The summed E-state index contributed by atoms with van der Waals surface area (Å²) in [6.45, 7) is -0.841. The van der Waals surface area contributed by atoms with Crippen LogP contribution in [0.4, 0.5) is 5.69 Å². The summed E-state index contributed by atoms with van der Waals surface area (Å²) < 4.78 is 19.4. The Morgan fingerprint density at radius 3 is 2.89 bits per heavy atom. The number of hydrogen-bond acceptors (Lipinski definition) is 8. The van der Waals surface area contributed by atoms with Gasteiger partial charge in [-0.15, -0.1) is 0 Å². The minimum atomic E-state index is -0.729. The number of fused-ring (bicyclic) bond motifs is 2. The van der Waals surface area contributed by atoms with Gasteiger partial charge < -0.3 is 14.5 Å². The molecule has 9 nitrogen and oxygen atoms in total. The van der Waals surface area contributed by atoms with Crippen molar-refractivity contribution in [1.82, 2.24) is 13.3 Å². The molecule has 10 heteroatoms. The lowest BCUT2D eigenvalue weighted by molar-refractivity contribution is -0.147. The van der Waals surface area contributed by atoms with Crippen LogP contribution in [0.1, 0.15) is 0 Å². The lowest BCUT2D eigenvalue weighted by atomic mass is 10.2. The Labute approximate surface area is 155 Å². The third-order valence-corrected chi connectivity index (χ3v) is 4.33. The van der Waals surface area contributed by atoms with E-state index < -0.39 is 24.2 Å². The van der Waals surface area contributed by atoms with Crippen LogP contribution in [0, 0.1) is 0 Å². The number of carbonyl (C=O) groups is 2. The number of carbonyl (C=O) groups excluding carboxylic acids is 2. The quantitative estimate of drug-likeness (QED) is 0.521. The number of esters is 1. The van der Waals surface area contributed by atoms with Crippen LogP contribution in [0.2, 0.25) is 0 Å². The summed E-state index contributed by atoms with van der Waals surface area (Å²) in [7, 11) is 0. The first kappa shape index (κ1) is 16.9. The molecule has 0 aliphatic heterocycles. The Balaban J connectivity index is 1.39. The molecular weight excluding hydrogens is 372 g/mol. The number of amides is 1. The molecule has 0 radical (unpaired) electrons. The molecule has 0 aliphatic rings. The van der Waals surface area contributed by atoms with E-state index in [4.69, 9.17) is 9.15 Å². The summed E-state index contributed by atoms with van der Waals surface area (Å²) in [5.74, 6) is -1.92. The minimum Gasteiger partial charge on any atom is -0.454 e. The summed E-state index contributed by atoms with van der Waals surface area (Å²) in [6.07, 6.45) is 0. The third-order valence-electron chi connectivity index (χ3n) is 3.79. The minimum absolute atomic E-state index is 0.352. The van der Waals surface area contributed by atoms with Crippen molar-refractivity contribution in [3.05, 3.63) is 53.0 Å². The van der Waals surface area contributed by atoms with Gasteiger partial charge in [-0.3, -0.25) is 14.2 Å². The Bertz CT molecular complexity index is 1210. The molecule has 2 heterocycles. The molecule has 1 N–H and O–H groups in total. The lowest BCUT2D eigenvalue weighted by Crippen LogP contribution is -2.25. The van der Waals surface area contributed by atoms with Gasteiger partial charge in [0.05, 0.1) is 22.9 Å².